The molecule has 0 aliphatic carbocycles. The van der Waals surface area contributed by atoms with Crippen molar-refractivity contribution in [1.29, 1.82) is 0 Å². The van der Waals surface area contributed by atoms with E-state index < -0.39 is 29.6 Å². The molecule has 0 bridgehead atoms. The number of nitrogens with zero attached hydrogens (tertiary/aromatic N) is 6. The molecule has 3 aliphatic rings. The molecule has 2 saturated heterocycles. The Balaban J connectivity index is 1.28. The molecule has 2 fully saturated rings. The molecule has 3 aliphatic heterocycles. The fraction of sp³-hybridized carbons (Fsp3) is 0.542. The van der Waals surface area contributed by atoms with Crippen LogP contribution in [0.4, 0.5) is 29.7 Å². The van der Waals surface area contributed by atoms with Crippen LogP contribution in [0.2, 0.25) is 0 Å². The number of likely N-dealkylation sites (tertiary alicyclic amines) is 1. The Bertz CT molecular complexity index is 1250. The average Bonchev–Trinajstić information content (AvgIpc) is 3.30. The van der Waals surface area contributed by atoms with Crippen LogP contribution in [0.3, 0.4) is 0 Å². The van der Waals surface area contributed by atoms with E-state index in [0.717, 1.165) is 12.1 Å². The van der Waals surface area contributed by atoms with Crippen LogP contribution in [0.15, 0.2) is 18.3 Å². The van der Waals surface area contributed by atoms with Crippen LogP contribution < -0.4 is 10.2 Å². The highest BCUT2D eigenvalue weighted by Crippen LogP contribution is 2.43. The number of anilines is 2. The predicted octanol–water partition coefficient (Wildman–Crippen LogP) is 2.97. The van der Waals surface area contributed by atoms with Gasteiger partial charge in [0.1, 0.15) is 5.60 Å². The van der Waals surface area contributed by atoms with Gasteiger partial charge in [-0.25, -0.2) is 9.59 Å². The minimum absolute atomic E-state index is 0.0438. The molecule has 1 spiro atoms. The molecular weight excluding hydrogens is 488 g/mol. The zero-order valence-electron chi connectivity index (χ0n) is 21.1. The lowest BCUT2D eigenvalue weighted by atomic mass is 9.79. The van der Waals surface area contributed by atoms with Crippen molar-refractivity contribution >= 4 is 29.4 Å². The summed E-state index contributed by atoms with van der Waals surface area (Å²) in [5.41, 5.74) is 0.316. The number of hydrogen-bond acceptors (Lipinski definition) is 6. The minimum atomic E-state index is -1.04. The van der Waals surface area contributed by atoms with Gasteiger partial charge in [-0.3, -0.25) is 9.48 Å². The van der Waals surface area contributed by atoms with Gasteiger partial charge in [0.25, 0.3) is 0 Å². The number of carbonyl (C=O) groups excluding carboxylic acids is 3. The number of halogens is 2. The molecule has 2 aromatic rings. The highest BCUT2D eigenvalue weighted by molar-refractivity contribution is 5.97. The Morgan fingerprint density at radius 1 is 1.16 bits per heavy atom. The molecule has 1 N–H and O–H groups in total. The van der Waals surface area contributed by atoms with Gasteiger partial charge < -0.3 is 24.8 Å². The summed E-state index contributed by atoms with van der Waals surface area (Å²) in [4.78, 5) is 46.2. The van der Waals surface area contributed by atoms with Crippen LogP contribution >= 0.6 is 0 Å². The van der Waals surface area contributed by atoms with E-state index in [9.17, 15) is 23.2 Å². The minimum Gasteiger partial charge on any atom is -0.444 e. The Labute approximate surface area is 212 Å². The molecule has 198 valence electrons. The van der Waals surface area contributed by atoms with Gasteiger partial charge in [-0.15, -0.1) is 0 Å². The number of rotatable bonds is 2. The van der Waals surface area contributed by atoms with E-state index in [2.05, 4.69) is 15.4 Å². The van der Waals surface area contributed by atoms with E-state index in [0.29, 0.717) is 44.0 Å². The first-order chi connectivity index (χ1) is 17.3. The third-order valence-electron chi connectivity index (χ3n) is 6.81. The molecule has 11 nitrogen and oxygen atoms in total. The summed E-state index contributed by atoms with van der Waals surface area (Å²) in [6.45, 7) is 9.10. The molecule has 0 aromatic carbocycles. The molecule has 4 amide bonds. The van der Waals surface area contributed by atoms with Gasteiger partial charge in [-0.2, -0.15) is 18.9 Å². The van der Waals surface area contributed by atoms with Crippen LogP contribution in [0.5, 0.6) is 0 Å². The maximum Gasteiger partial charge on any atom is 0.410 e. The molecule has 37 heavy (non-hydrogen) atoms. The van der Waals surface area contributed by atoms with Gasteiger partial charge in [-0.1, -0.05) is 0 Å². The van der Waals surface area contributed by atoms with Crippen LogP contribution in [-0.2, 0) is 22.6 Å². The van der Waals surface area contributed by atoms with Crippen molar-refractivity contribution in [3.63, 3.8) is 0 Å². The van der Waals surface area contributed by atoms with Gasteiger partial charge in [0, 0.05) is 43.6 Å². The zero-order chi connectivity index (χ0) is 26.7. The summed E-state index contributed by atoms with van der Waals surface area (Å²) in [5, 5.41) is 6.95. The number of hydrogen-bond donors (Lipinski definition) is 1. The number of fused-ring (bicyclic) bond motifs is 1. The fourth-order valence-corrected chi connectivity index (χ4v) is 5.16. The largest absolute Gasteiger partial charge is 0.444 e. The third kappa shape index (κ3) is 4.81. The lowest BCUT2D eigenvalue weighted by molar-refractivity contribution is -0.119. The average molecular weight is 518 g/mol. The second-order valence-corrected chi connectivity index (χ2v) is 11.1. The van der Waals surface area contributed by atoms with Crippen molar-refractivity contribution in [2.75, 3.05) is 29.9 Å². The second-order valence-electron chi connectivity index (χ2n) is 11.1. The maximum atomic E-state index is 13.5. The number of pyridine rings is 1. The standard InChI is InChI=1S/C24H29F2N7O4/c1-14-9-33-17(10-31(14)21(35)28-15-5-18(25)29-19(26)6-15)16(8-27-33)32-13-24(7-20(32)34)11-30(12-24)22(36)37-23(2,3)4/h5-6,8,14H,7,9-13H2,1-4H3,(H,28,29,35)/t14-/m0/s1. The summed E-state index contributed by atoms with van der Waals surface area (Å²) >= 11 is 0. The zero-order valence-corrected chi connectivity index (χ0v) is 21.1. The molecular formula is C24H29F2N7O4. The second kappa shape index (κ2) is 8.67. The van der Waals surface area contributed by atoms with E-state index in [1.807, 2.05) is 27.7 Å². The summed E-state index contributed by atoms with van der Waals surface area (Å²) < 4.78 is 34.1. The normalized spacial score (nSPS) is 20.6. The highest BCUT2D eigenvalue weighted by Gasteiger charge is 2.54. The van der Waals surface area contributed by atoms with Crippen molar-refractivity contribution in [3.8, 4) is 0 Å². The van der Waals surface area contributed by atoms with Crippen molar-refractivity contribution in [1.82, 2.24) is 24.6 Å². The summed E-state index contributed by atoms with van der Waals surface area (Å²) in [6.07, 6.45) is 1.53. The molecule has 5 heterocycles. The number of amides is 4. The number of carbonyl (C=O) groups is 3. The lowest BCUT2D eigenvalue weighted by Gasteiger charge is -2.47. The SMILES string of the molecule is C[C@H]1Cn2ncc(N3CC4(CC3=O)CN(C(=O)OC(C)(C)C)C4)c2CN1C(=O)Nc1cc(F)nc(F)c1. The van der Waals surface area contributed by atoms with Crippen molar-refractivity contribution in [2.24, 2.45) is 5.41 Å². The molecule has 13 heteroatoms. The Kier molecular flexibility index (Phi) is 5.83. The Morgan fingerprint density at radius 2 is 1.84 bits per heavy atom. The van der Waals surface area contributed by atoms with Crippen LogP contribution in [0, 0.1) is 17.3 Å². The van der Waals surface area contributed by atoms with E-state index in [1.165, 1.54) is 4.90 Å². The number of nitrogens with one attached hydrogen (secondary N) is 1. The summed E-state index contributed by atoms with van der Waals surface area (Å²) in [5.74, 6) is -2.15. The van der Waals surface area contributed by atoms with E-state index >= 15 is 0 Å². The van der Waals surface area contributed by atoms with E-state index in [-0.39, 0.29) is 29.6 Å². The first kappa shape index (κ1) is 24.9. The Hall–Kier alpha value is -3.77. The molecule has 1 atom stereocenters. The van der Waals surface area contributed by atoms with Crippen molar-refractivity contribution in [3.05, 3.63) is 35.9 Å². The van der Waals surface area contributed by atoms with E-state index in [1.54, 1.807) is 20.7 Å². The van der Waals surface area contributed by atoms with E-state index in [4.69, 9.17) is 4.74 Å². The van der Waals surface area contributed by atoms with Gasteiger partial charge in [-0.05, 0) is 27.7 Å². The third-order valence-corrected chi connectivity index (χ3v) is 6.81. The molecule has 0 unspecified atom stereocenters. The summed E-state index contributed by atoms with van der Waals surface area (Å²) in [7, 11) is 0. The lowest BCUT2D eigenvalue weighted by Crippen LogP contribution is -2.60. The summed E-state index contributed by atoms with van der Waals surface area (Å²) in [6, 6.07) is 1.08. The van der Waals surface area contributed by atoms with Crippen molar-refractivity contribution in [2.45, 2.75) is 58.8 Å². The van der Waals surface area contributed by atoms with Gasteiger partial charge in [0.15, 0.2) is 0 Å². The number of urea groups is 1. The van der Waals surface area contributed by atoms with Gasteiger partial charge in [0.2, 0.25) is 17.8 Å². The topological polar surface area (TPSA) is 113 Å². The smallest absolute Gasteiger partial charge is 0.410 e. The number of ether oxygens (including phenoxy) is 1. The van der Waals surface area contributed by atoms with Crippen LogP contribution in [-0.4, -0.2) is 73.9 Å². The molecule has 0 radical (unpaired) electrons. The predicted molar refractivity (Wildman–Crippen MR) is 128 cm³/mol. The highest BCUT2D eigenvalue weighted by atomic mass is 19.1. The van der Waals surface area contributed by atoms with Crippen LogP contribution in [0.1, 0.15) is 39.8 Å². The monoisotopic (exact) mass is 517 g/mol. The van der Waals surface area contributed by atoms with Gasteiger partial charge >= 0.3 is 12.1 Å². The number of aromatic nitrogens is 3. The first-order valence-electron chi connectivity index (χ1n) is 12.1. The fourth-order valence-electron chi connectivity index (χ4n) is 5.16. The Morgan fingerprint density at radius 3 is 2.49 bits per heavy atom. The molecule has 5 rings (SSSR count). The van der Waals surface area contributed by atoms with Crippen LogP contribution in [0.25, 0.3) is 0 Å². The quantitative estimate of drug-likeness (QED) is 0.613. The van der Waals surface area contributed by atoms with Gasteiger partial charge in [0.05, 0.1) is 42.4 Å². The first-order valence-corrected chi connectivity index (χ1v) is 12.1. The van der Waals surface area contributed by atoms with Crippen molar-refractivity contribution < 1.29 is 27.9 Å². The molecule has 0 saturated carbocycles. The molecule has 2 aromatic heterocycles. The maximum absolute atomic E-state index is 13.5.